The van der Waals surface area contributed by atoms with Gasteiger partial charge in [0.15, 0.2) is 5.65 Å². The Morgan fingerprint density at radius 1 is 1.50 bits per heavy atom. The first-order valence-corrected chi connectivity index (χ1v) is 5.34. The van der Waals surface area contributed by atoms with Gasteiger partial charge in [0, 0.05) is 13.0 Å². The van der Waals surface area contributed by atoms with Crippen molar-refractivity contribution in [2.45, 2.75) is 6.42 Å². The van der Waals surface area contributed by atoms with E-state index in [2.05, 4.69) is 20.2 Å². The smallest absolute Gasteiger partial charge is 0.308 e. The Balaban J connectivity index is 2.03. The summed E-state index contributed by atoms with van der Waals surface area (Å²) in [4.78, 5) is 32.1. The lowest BCUT2D eigenvalue weighted by atomic mass is 10.1. The number of carboxylic acids is 1. The van der Waals surface area contributed by atoms with E-state index in [9.17, 15) is 9.59 Å². The van der Waals surface area contributed by atoms with Crippen LogP contribution in [0.5, 0.6) is 0 Å². The van der Waals surface area contributed by atoms with Crippen LogP contribution in [-0.4, -0.2) is 43.7 Å². The molecular formula is C10H9N5O3. The second-order valence-corrected chi connectivity index (χ2v) is 4.07. The predicted octanol–water partition coefficient (Wildman–Crippen LogP) is -0.210. The molecule has 1 atom stereocenters. The molecule has 18 heavy (non-hydrogen) atoms. The maximum absolute atomic E-state index is 11.8. The van der Waals surface area contributed by atoms with Crippen molar-refractivity contribution in [3.05, 3.63) is 12.5 Å². The molecule has 0 saturated carbocycles. The maximum atomic E-state index is 11.8. The number of aromatic amines is 1. The maximum Gasteiger partial charge on any atom is 0.308 e. The molecule has 1 aliphatic rings. The molecule has 3 rings (SSSR count). The van der Waals surface area contributed by atoms with Crippen LogP contribution in [-0.2, 0) is 9.59 Å². The molecule has 1 fully saturated rings. The van der Waals surface area contributed by atoms with Crippen molar-refractivity contribution in [2.75, 3.05) is 11.4 Å². The molecule has 0 aromatic carbocycles. The minimum atomic E-state index is -0.969. The van der Waals surface area contributed by atoms with E-state index < -0.39 is 11.9 Å². The Bertz CT molecular complexity index is 637. The summed E-state index contributed by atoms with van der Waals surface area (Å²) in [7, 11) is 0. The Morgan fingerprint density at radius 2 is 2.33 bits per heavy atom. The summed E-state index contributed by atoms with van der Waals surface area (Å²) < 4.78 is 0. The number of fused-ring (bicyclic) bond motifs is 1. The zero-order valence-corrected chi connectivity index (χ0v) is 9.20. The van der Waals surface area contributed by atoms with Crippen LogP contribution >= 0.6 is 0 Å². The predicted molar refractivity (Wildman–Crippen MR) is 59.8 cm³/mol. The highest BCUT2D eigenvalue weighted by atomic mass is 16.4. The molecule has 1 unspecified atom stereocenters. The highest BCUT2D eigenvalue weighted by molar-refractivity contribution is 6.03. The van der Waals surface area contributed by atoms with Gasteiger partial charge in [-0.2, -0.15) is 5.10 Å². The van der Waals surface area contributed by atoms with E-state index in [-0.39, 0.29) is 18.9 Å². The molecule has 1 amide bonds. The van der Waals surface area contributed by atoms with E-state index in [0.29, 0.717) is 16.9 Å². The second-order valence-electron chi connectivity index (χ2n) is 4.07. The number of hydrogen-bond donors (Lipinski definition) is 2. The van der Waals surface area contributed by atoms with E-state index in [1.54, 1.807) is 0 Å². The highest BCUT2D eigenvalue weighted by Gasteiger charge is 2.36. The Hall–Kier alpha value is -2.51. The van der Waals surface area contributed by atoms with Gasteiger partial charge in [0.25, 0.3) is 0 Å². The van der Waals surface area contributed by atoms with E-state index in [1.165, 1.54) is 17.4 Å². The summed E-state index contributed by atoms with van der Waals surface area (Å²) in [6.07, 6.45) is 2.84. The van der Waals surface area contributed by atoms with Crippen molar-refractivity contribution in [3.63, 3.8) is 0 Å². The van der Waals surface area contributed by atoms with Gasteiger partial charge in [0.2, 0.25) is 5.91 Å². The molecule has 8 heteroatoms. The molecule has 2 aromatic heterocycles. The van der Waals surface area contributed by atoms with Crippen LogP contribution in [0.3, 0.4) is 0 Å². The fourth-order valence-electron chi connectivity index (χ4n) is 2.05. The number of aromatic nitrogens is 4. The number of carboxylic acid groups (broad SMARTS) is 1. The van der Waals surface area contributed by atoms with Gasteiger partial charge in [-0.1, -0.05) is 0 Å². The number of anilines is 1. The van der Waals surface area contributed by atoms with Gasteiger partial charge < -0.3 is 5.11 Å². The van der Waals surface area contributed by atoms with Gasteiger partial charge in [0.05, 0.1) is 17.5 Å². The number of hydrogen-bond acceptors (Lipinski definition) is 5. The van der Waals surface area contributed by atoms with Crippen molar-refractivity contribution in [3.8, 4) is 0 Å². The summed E-state index contributed by atoms with van der Waals surface area (Å²) in [6.45, 7) is 0.130. The van der Waals surface area contributed by atoms with Crippen molar-refractivity contribution in [1.29, 1.82) is 0 Å². The molecule has 2 aromatic rings. The number of carbonyl (C=O) groups is 2. The van der Waals surface area contributed by atoms with Gasteiger partial charge in [0.1, 0.15) is 12.1 Å². The van der Waals surface area contributed by atoms with Crippen LogP contribution in [0.1, 0.15) is 6.42 Å². The molecule has 92 valence electrons. The summed E-state index contributed by atoms with van der Waals surface area (Å²) >= 11 is 0. The monoisotopic (exact) mass is 247 g/mol. The first-order valence-electron chi connectivity index (χ1n) is 5.34. The number of carbonyl (C=O) groups excluding carboxylic acids is 1. The van der Waals surface area contributed by atoms with Crippen LogP contribution in [0.2, 0.25) is 0 Å². The number of rotatable bonds is 2. The van der Waals surface area contributed by atoms with E-state index in [4.69, 9.17) is 5.11 Å². The number of amides is 1. The molecule has 1 saturated heterocycles. The molecule has 0 aliphatic carbocycles. The molecule has 1 aliphatic heterocycles. The molecular weight excluding hydrogens is 238 g/mol. The summed E-state index contributed by atoms with van der Waals surface area (Å²) in [5.41, 5.74) is 0.520. The van der Waals surface area contributed by atoms with Crippen LogP contribution in [0.25, 0.3) is 11.0 Å². The summed E-state index contributed by atoms with van der Waals surface area (Å²) in [5, 5.41) is 16.1. The SMILES string of the molecule is O=C(O)C1CC(=O)N(c2ncnc3[nH]ncc23)C1. The van der Waals surface area contributed by atoms with Crippen LogP contribution in [0.4, 0.5) is 5.82 Å². The third kappa shape index (κ3) is 1.50. The standard InChI is InChI=1S/C10H9N5O3/c16-7-1-5(10(17)18)3-15(7)9-6-2-13-14-8(6)11-4-12-9/h2,4-5H,1,3H2,(H,17,18)(H,11,12,13,14). The minimum absolute atomic E-state index is 0.00131. The van der Waals surface area contributed by atoms with Gasteiger partial charge in [-0.3, -0.25) is 19.6 Å². The van der Waals surface area contributed by atoms with Crippen LogP contribution in [0, 0.1) is 5.92 Å². The van der Waals surface area contributed by atoms with Crippen LogP contribution < -0.4 is 4.90 Å². The molecule has 0 spiro atoms. The summed E-state index contributed by atoms with van der Waals surface area (Å²) in [6, 6.07) is 0. The fraction of sp³-hybridized carbons (Fsp3) is 0.300. The number of H-pyrrole nitrogens is 1. The second kappa shape index (κ2) is 3.76. The lowest BCUT2D eigenvalue weighted by Crippen LogP contribution is -2.26. The quantitative estimate of drug-likeness (QED) is 0.759. The minimum Gasteiger partial charge on any atom is -0.481 e. The Labute approximate surface area is 101 Å². The number of nitrogens with zero attached hydrogens (tertiary/aromatic N) is 4. The third-order valence-electron chi connectivity index (χ3n) is 2.96. The van der Waals surface area contributed by atoms with Gasteiger partial charge in [-0.05, 0) is 0 Å². The number of aliphatic carboxylic acids is 1. The van der Waals surface area contributed by atoms with Gasteiger partial charge in [-0.25, -0.2) is 9.97 Å². The van der Waals surface area contributed by atoms with E-state index >= 15 is 0 Å². The molecule has 0 radical (unpaired) electrons. The van der Waals surface area contributed by atoms with E-state index in [0.717, 1.165) is 0 Å². The third-order valence-corrected chi connectivity index (χ3v) is 2.96. The van der Waals surface area contributed by atoms with Crippen molar-refractivity contribution in [1.82, 2.24) is 20.2 Å². The lowest BCUT2D eigenvalue weighted by molar-refractivity contribution is -0.141. The van der Waals surface area contributed by atoms with Crippen molar-refractivity contribution < 1.29 is 14.7 Å². The first-order chi connectivity index (χ1) is 8.66. The lowest BCUT2D eigenvalue weighted by Gasteiger charge is -2.14. The molecule has 3 heterocycles. The normalized spacial score (nSPS) is 19.7. The zero-order valence-electron chi connectivity index (χ0n) is 9.20. The topological polar surface area (TPSA) is 112 Å². The van der Waals surface area contributed by atoms with Crippen molar-refractivity contribution >= 4 is 28.7 Å². The molecule has 8 nitrogen and oxygen atoms in total. The van der Waals surface area contributed by atoms with E-state index in [1.807, 2.05) is 0 Å². The largest absolute Gasteiger partial charge is 0.481 e. The van der Waals surface area contributed by atoms with Crippen molar-refractivity contribution in [2.24, 2.45) is 5.92 Å². The Morgan fingerprint density at radius 3 is 3.06 bits per heavy atom. The molecule has 2 N–H and O–H groups in total. The average Bonchev–Trinajstić information content (AvgIpc) is 2.94. The summed E-state index contributed by atoms with van der Waals surface area (Å²) in [5.74, 6) is -1.50. The average molecular weight is 247 g/mol. The van der Waals surface area contributed by atoms with Gasteiger partial charge >= 0.3 is 5.97 Å². The van der Waals surface area contributed by atoms with Crippen LogP contribution in [0.15, 0.2) is 12.5 Å². The fourth-order valence-corrected chi connectivity index (χ4v) is 2.05. The first kappa shape index (κ1) is 10.6. The van der Waals surface area contributed by atoms with Gasteiger partial charge in [-0.15, -0.1) is 0 Å². The molecule has 0 bridgehead atoms. The Kier molecular flexibility index (Phi) is 2.22. The highest BCUT2D eigenvalue weighted by Crippen LogP contribution is 2.27. The number of nitrogens with one attached hydrogen (secondary N) is 1. The zero-order chi connectivity index (χ0) is 12.7.